The summed E-state index contributed by atoms with van der Waals surface area (Å²) in [5, 5.41) is 3.02. The molecule has 0 saturated heterocycles. The number of benzene rings is 1. The molecule has 1 N–H and O–H groups in total. The highest BCUT2D eigenvalue weighted by molar-refractivity contribution is 6.74. The molecule has 0 heterocycles. The number of carbonyl (C=O) groups excluding carboxylic acids is 2. The first-order chi connectivity index (χ1) is 22.7. The zero-order valence-electron chi connectivity index (χ0n) is 33.4. The third kappa shape index (κ3) is 13.9. The number of allylic oxidation sites excluding steroid dienone is 2. The molecule has 6 nitrogen and oxygen atoms in total. The fourth-order valence-corrected chi connectivity index (χ4v) is 8.43. The Balaban J connectivity index is 2.48. The van der Waals surface area contributed by atoms with Gasteiger partial charge in [-0.05, 0) is 80.9 Å². The standard InChI is InChI=1S/C41H71NO5Si2/c1-14-42-38(43)25-21-16-15-20-24-34-35(37(47-49(12,13)41(7,8)9)30-36(34)45-39(44)31(2)3)29-28-33(46-48(10,11)40(4,5)6)27-26-32-22-18-17-19-23-32/h15,17-20,22-23,28-29,31,33-37H,14,16,21,24-27,30H2,1-13H3,(H,42,43)/b20-15-,29-28+/t33-,34+,35+,36-,37+/m0/s1. The second-order valence-corrected chi connectivity index (χ2v) is 26.9. The van der Waals surface area contributed by atoms with E-state index in [-0.39, 0.29) is 58.0 Å². The van der Waals surface area contributed by atoms with Gasteiger partial charge >= 0.3 is 5.97 Å². The third-order valence-electron chi connectivity index (χ3n) is 10.9. The van der Waals surface area contributed by atoms with E-state index < -0.39 is 16.6 Å². The van der Waals surface area contributed by atoms with Crippen LogP contribution in [0.1, 0.15) is 106 Å². The summed E-state index contributed by atoms with van der Waals surface area (Å²) in [4.78, 5) is 25.0. The van der Waals surface area contributed by atoms with E-state index in [1.165, 1.54) is 5.56 Å². The van der Waals surface area contributed by atoms with E-state index >= 15 is 0 Å². The monoisotopic (exact) mass is 713 g/mol. The number of ether oxygens (including phenoxy) is 1. The molecule has 278 valence electrons. The van der Waals surface area contributed by atoms with Gasteiger partial charge in [0.1, 0.15) is 6.10 Å². The van der Waals surface area contributed by atoms with E-state index in [0.717, 1.165) is 32.1 Å². The fraction of sp³-hybridized carbons (Fsp3) is 0.707. The topological polar surface area (TPSA) is 73.9 Å². The zero-order chi connectivity index (χ0) is 37.0. The minimum atomic E-state index is -2.13. The van der Waals surface area contributed by atoms with Gasteiger partial charge in [-0.2, -0.15) is 0 Å². The Labute approximate surface area is 302 Å². The molecule has 1 aliphatic rings. The molecule has 5 atom stereocenters. The number of carbonyl (C=O) groups is 2. The van der Waals surface area contributed by atoms with Crippen LogP contribution in [0, 0.1) is 17.8 Å². The Morgan fingerprint density at radius 2 is 1.57 bits per heavy atom. The van der Waals surface area contributed by atoms with Gasteiger partial charge in [-0.3, -0.25) is 9.59 Å². The van der Waals surface area contributed by atoms with Crippen LogP contribution in [0.2, 0.25) is 36.3 Å². The predicted octanol–water partition coefficient (Wildman–Crippen LogP) is 10.4. The van der Waals surface area contributed by atoms with Crippen molar-refractivity contribution >= 4 is 28.5 Å². The fourth-order valence-electron chi connectivity index (χ4n) is 5.76. The van der Waals surface area contributed by atoms with Crippen LogP contribution >= 0.6 is 0 Å². The molecule has 1 aliphatic carbocycles. The molecule has 1 aromatic carbocycles. The van der Waals surface area contributed by atoms with Gasteiger partial charge in [-0.25, -0.2) is 0 Å². The molecular weight excluding hydrogens is 643 g/mol. The molecule has 8 heteroatoms. The molecule has 1 aromatic rings. The van der Waals surface area contributed by atoms with Gasteiger partial charge < -0.3 is 18.9 Å². The van der Waals surface area contributed by atoms with Crippen LogP contribution in [-0.4, -0.2) is 53.4 Å². The first-order valence-electron chi connectivity index (χ1n) is 18.9. The summed E-state index contributed by atoms with van der Waals surface area (Å²) in [6, 6.07) is 10.7. The Kier molecular flexibility index (Phi) is 16.7. The average molecular weight is 714 g/mol. The van der Waals surface area contributed by atoms with Crippen molar-refractivity contribution in [3.05, 3.63) is 60.2 Å². The number of unbranched alkanes of at least 4 members (excludes halogenated alkanes) is 1. The Hall–Kier alpha value is -2.01. The molecule has 1 saturated carbocycles. The van der Waals surface area contributed by atoms with E-state index in [0.29, 0.717) is 19.4 Å². The lowest BCUT2D eigenvalue weighted by Gasteiger charge is -2.40. The first-order valence-corrected chi connectivity index (χ1v) is 24.7. The summed E-state index contributed by atoms with van der Waals surface area (Å²) >= 11 is 0. The van der Waals surface area contributed by atoms with Crippen molar-refractivity contribution in [1.82, 2.24) is 5.32 Å². The molecule has 0 aliphatic heterocycles. The molecule has 2 rings (SSSR count). The van der Waals surface area contributed by atoms with Crippen LogP contribution in [0.3, 0.4) is 0 Å². The van der Waals surface area contributed by atoms with Gasteiger partial charge in [0.05, 0.1) is 18.1 Å². The molecular formula is C41H71NO5Si2. The number of esters is 1. The van der Waals surface area contributed by atoms with E-state index in [2.05, 4.69) is 128 Å². The van der Waals surface area contributed by atoms with E-state index in [1.807, 2.05) is 20.8 Å². The maximum absolute atomic E-state index is 13.0. The highest BCUT2D eigenvalue weighted by atomic mass is 28.4. The zero-order valence-corrected chi connectivity index (χ0v) is 35.4. The minimum absolute atomic E-state index is 0.0302. The lowest BCUT2D eigenvalue weighted by molar-refractivity contribution is -0.154. The molecule has 49 heavy (non-hydrogen) atoms. The number of hydrogen-bond donors (Lipinski definition) is 1. The van der Waals surface area contributed by atoms with Crippen molar-refractivity contribution in [2.24, 2.45) is 17.8 Å². The average Bonchev–Trinajstić information content (AvgIpc) is 3.29. The molecule has 1 fully saturated rings. The summed E-state index contributed by atoms with van der Waals surface area (Å²) in [5.41, 5.74) is 1.32. The molecule has 0 bridgehead atoms. The third-order valence-corrected chi connectivity index (χ3v) is 19.9. The SMILES string of the molecule is CCNC(=O)CCC/C=C\C[C@@H]1[C@@H](/C=C/[C@H](CCc2ccccc2)O[Si](C)(C)C(C)(C)C)[C@H](O[Si](C)(C)C(C)(C)C)C[C@@H]1OC(=O)C(C)C. The van der Waals surface area contributed by atoms with Gasteiger partial charge in [-0.1, -0.05) is 110 Å². The van der Waals surface area contributed by atoms with Crippen LogP contribution in [0.25, 0.3) is 0 Å². The van der Waals surface area contributed by atoms with Gasteiger partial charge in [0, 0.05) is 31.2 Å². The van der Waals surface area contributed by atoms with Crippen molar-refractivity contribution in [1.29, 1.82) is 0 Å². The molecule has 0 spiro atoms. The Morgan fingerprint density at radius 3 is 2.14 bits per heavy atom. The number of hydrogen-bond acceptors (Lipinski definition) is 5. The van der Waals surface area contributed by atoms with Crippen LogP contribution < -0.4 is 5.32 Å². The molecule has 0 radical (unpaired) electrons. The lowest BCUT2D eigenvalue weighted by atomic mass is 9.89. The van der Waals surface area contributed by atoms with E-state index in [1.54, 1.807) is 0 Å². The summed E-state index contributed by atoms with van der Waals surface area (Å²) in [7, 11) is -4.19. The van der Waals surface area contributed by atoms with Crippen LogP contribution in [0.15, 0.2) is 54.6 Å². The van der Waals surface area contributed by atoms with Crippen molar-refractivity contribution < 1.29 is 23.2 Å². The normalized spacial score (nSPS) is 21.5. The van der Waals surface area contributed by atoms with Gasteiger partial charge in [0.25, 0.3) is 0 Å². The Morgan fingerprint density at radius 1 is 0.939 bits per heavy atom. The second-order valence-electron chi connectivity index (χ2n) is 17.4. The number of nitrogens with one attached hydrogen (secondary N) is 1. The summed E-state index contributed by atoms with van der Waals surface area (Å²) in [6.45, 7) is 29.4. The highest BCUT2D eigenvalue weighted by Gasteiger charge is 2.49. The van der Waals surface area contributed by atoms with Gasteiger partial charge in [0.2, 0.25) is 5.91 Å². The minimum Gasteiger partial charge on any atom is -0.462 e. The maximum Gasteiger partial charge on any atom is 0.308 e. The smallest absolute Gasteiger partial charge is 0.308 e. The van der Waals surface area contributed by atoms with Crippen LogP contribution in [-0.2, 0) is 29.6 Å². The molecule has 1 amide bonds. The quantitative estimate of drug-likeness (QED) is 0.0710. The number of aryl methyl sites for hydroxylation is 1. The molecule has 0 unspecified atom stereocenters. The summed E-state index contributed by atoms with van der Waals surface area (Å²) in [6.07, 6.45) is 14.3. The number of amides is 1. The molecule has 0 aromatic heterocycles. The van der Waals surface area contributed by atoms with Gasteiger partial charge in [-0.15, -0.1) is 0 Å². The van der Waals surface area contributed by atoms with Gasteiger partial charge in [0.15, 0.2) is 16.6 Å². The second kappa shape index (κ2) is 19.0. The van der Waals surface area contributed by atoms with Crippen molar-refractivity contribution in [2.75, 3.05) is 6.54 Å². The Bertz CT molecular complexity index is 1210. The summed E-state index contributed by atoms with van der Waals surface area (Å²) in [5.74, 6) is -0.0963. The van der Waals surface area contributed by atoms with Crippen LogP contribution in [0.4, 0.5) is 0 Å². The van der Waals surface area contributed by atoms with E-state index in [9.17, 15) is 9.59 Å². The van der Waals surface area contributed by atoms with Crippen molar-refractivity contribution in [3.8, 4) is 0 Å². The van der Waals surface area contributed by atoms with Crippen molar-refractivity contribution in [2.45, 2.75) is 162 Å². The largest absolute Gasteiger partial charge is 0.462 e. The van der Waals surface area contributed by atoms with E-state index in [4.69, 9.17) is 13.6 Å². The lowest BCUT2D eigenvalue weighted by Crippen LogP contribution is -2.45. The predicted molar refractivity (Wildman–Crippen MR) is 211 cm³/mol. The van der Waals surface area contributed by atoms with Crippen LogP contribution in [0.5, 0.6) is 0 Å². The number of rotatable bonds is 18. The maximum atomic E-state index is 13.0. The first kappa shape index (κ1) is 43.2. The van der Waals surface area contributed by atoms with Crippen molar-refractivity contribution in [3.63, 3.8) is 0 Å². The highest BCUT2D eigenvalue weighted by Crippen LogP contribution is 2.46. The summed E-state index contributed by atoms with van der Waals surface area (Å²) < 4.78 is 20.5.